The van der Waals surface area contributed by atoms with Gasteiger partial charge in [-0.2, -0.15) is 0 Å². The zero-order valence-corrected chi connectivity index (χ0v) is 24.4. The van der Waals surface area contributed by atoms with Crippen LogP contribution in [0.4, 0.5) is 5.95 Å². The third-order valence-corrected chi connectivity index (χ3v) is 7.48. The summed E-state index contributed by atoms with van der Waals surface area (Å²) in [5, 5.41) is 11.3. The molecular weight excluding hydrogens is 542 g/mol. The van der Waals surface area contributed by atoms with Crippen LogP contribution in [0.15, 0.2) is 34.1 Å². The third kappa shape index (κ3) is 5.83. The Hall–Kier alpha value is -3.71. The Bertz CT molecular complexity index is 1350. The number of anilines is 1. The standard InChI is InChI=1S/C26H29N5O6S2/c1-8-36-24(34)20-14(3)16(10-12-18(20)38-6)22(32)31(26-27-28-29-30(26)5)23(33)17-11-13-19(39-7)21(15(17)4)25(35)37-9-2/h10-13H,8-9H2,1-7H3. The average Bonchev–Trinajstić information content (AvgIpc) is 3.33. The van der Waals surface area contributed by atoms with Gasteiger partial charge in [0.25, 0.3) is 17.8 Å². The van der Waals surface area contributed by atoms with Gasteiger partial charge in [0, 0.05) is 28.0 Å². The fourth-order valence-electron chi connectivity index (χ4n) is 4.02. The Morgan fingerprint density at radius 3 is 1.59 bits per heavy atom. The van der Waals surface area contributed by atoms with Gasteiger partial charge >= 0.3 is 11.9 Å². The Labute approximate surface area is 234 Å². The molecule has 39 heavy (non-hydrogen) atoms. The lowest BCUT2D eigenvalue weighted by atomic mass is 9.99. The second kappa shape index (κ2) is 12.9. The molecule has 3 rings (SSSR count). The summed E-state index contributed by atoms with van der Waals surface area (Å²) < 4.78 is 11.6. The number of nitrogens with zero attached hydrogens (tertiary/aromatic N) is 5. The number of hydrogen-bond donors (Lipinski definition) is 0. The molecule has 0 atom stereocenters. The predicted octanol–water partition coefficient (Wildman–Crippen LogP) is 4.11. The molecule has 0 aliphatic rings. The highest BCUT2D eigenvalue weighted by molar-refractivity contribution is 7.99. The van der Waals surface area contributed by atoms with E-state index in [-0.39, 0.29) is 41.4 Å². The van der Waals surface area contributed by atoms with Crippen molar-refractivity contribution in [1.29, 1.82) is 0 Å². The van der Waals surface area contributed by atoms with Gasteiger partial charge in [-0.15, -0.1) is 23.5 Å². The van der Waals surface area contributed by atoms with Crippen LogP contribution in [-0.4, -0.2) is 69.7 Å². The van der Waals surface area contributed by atoms with E-state index >= 15 is 0 Å². The highest BCUT2D eigenvalue weighted by atomic mass is 32.2. The monoisotopic (exact) mass is 571 g/mol. The first-order chi connectivity index (χ1) is 18.6. The molecule has 1 heterocycles. The summed E-state index contributed by atoms with van der Waals surface area (Å²) in [6.07, 6.45) is 3.62. The molecule has 3 aromatic rings. The van der Waals surface area contributed by atoms with E-state index in [0.29, 0.717) is 20.9 Å². The number of tetrazole rings is 1. The van der Waals surface area contributed by atoms with Gasteiger partial charge in [-0.1, -0.05) is 5.10 Å². The van der Waals surface area contributed by atoms with Gasteiger partial charge in [0.2, 0.25) is 0 Å². The maximum absolute atomic E-state index is 14.1. The quantitative estimate of drug-likeness (QED) is 0.209. The smallest absolute Gasteiger partial charge is 0.339 e. The van der Waals surface area contributed by atoms with Crippen LogP contribution in [0.2, 0.25) is 0 Å². The molecule has 0 aliphatic heterocycles. The van der Waals surface area contributed by atoms with Gasteiger partial charge in [0.1, 0.15) is 0 Å². The summed E-state index contributed by atoms with van der Waals surface area (Å²) in [4.78, 5) is 55.8. The summed E-state index contributed by atoms with van der Waals surface area (Å²) in [5.74, 6) is -2.79. The lowest BCUT2D eigenvalue weighted by molar-refractivity contribution is 0.0511. The van der Waals surface area contributed by atoms with Crippen LogP contribution in [0.5, 0.6) is 0 Å². The van der Waals surface area contributed by atoms with E-state index in [9.17, 15) is 19.2 Å². The highest BCUT2D eigenvalue weighted by Gasteiger charge is 2.34. The van der Waals surface area contributed by atoms with Gasteiger partial charge in [0.15, 0.2) is 0 Å². The highest BCUT2D eigenvalue weighted by Crippen LogP contribution is 2.31. The molecule has 2 aromatic carbocycles. The van der Waals surface area contributed by atoms with E-state index in [2.05, 4.69) is 15.5 Å². The van der Waals surface area contributed by atoms with Crippen LogP contribution in [0.25, 0.3) is 0 Å². The molecule has 206 valence electrons. The van der Waals surface area contributed by atoms with Crippen molar-refractivity contribution < 1.29 is 28.7 Å². The van der Waals surface area contributed by atoms with Crippen molar-refractivity contribution in [3.8, 4) is 0 Å². The molecule has 0 aliphatic carbocycles. The number of carbonyl (C=O) groups is 4. The number of benzene rings is 2. The molecule has 2 amide bonds. The van der Waals surface area contributed by atoms with Crippen LogP contribution in [0, 0.1) is 13.8 Å². The predicted molar refractivity (Wildman–Crippen MR) is 148 cm³/mol. The molecule has 0 saturated heterocycles. The zero-order valence-electron chi connectivity index (χ0n) is 22.7. The molecule has 11 nitrogen and oxygen atoms in total. The number of aryl methyl sites for hydroxylation is 1. The molecular formula is C26H29N5O6S2. The van der Waals surface area contributed by atoms with Crippen molar-refractivity contribution >= 4 is 53.2 Å². The van der Waals surface area contributed by atoms with E-state index in [1.807, 2.05) is 12.5 Å². The number of thioether (sulfide) groups is 2. The molecule has 0 fully saturated rings. The maximum atomic E-state index is 14.1. The van der Waals surface area contributed by atoms with E-state index in [4.69, 9.17) is 9.47 Å². The average molecular weight is 572 g/mol. The second-order valence-electron chi connectivity index (χ2n) is 8.12. The minimum Gasteiger partial charge on any atom is -0.462 e. The van der Waals surface area contributed by atoms with Gasteiger partial charge in [-0.25, -0.2) is 19.2 Å². The molecule has 1 aromatic heterocycles. The Kier molecular flexibility index (Phi) is 9.86. The molecule has 13 heteroatoms. The van der Waals surface area contributed by atoms with E-state index in [1.165, 1.54) is 35.3 Å². The molecule has 0 radical (unpaired) electrons. The lowest BCUT2D eigenvalue weighted by Gasteiger charge is -2.22. The number of hydrogen-bond acceptors (Lipinski definition) is 11. The van der Waals surface area contributed by atoms with Gasteiger partial charge in [-0.3, -0.25) is 9.59 Å². The van der Waals surface area contributed by atoms with E-state index < -0.39 is 23.8 Å². The van der Waals surface area contributed by atoms with Crippen LogP contribution >= 0.6 is 23.5 Å². The van der Waals surface area contributed by atoms with Gasteiger partial charge in [-0.05, 0) is 86.0 Å². The number of ether oxygens (including phenoxy) is 2. The summed E-state index contributed by atoms with van der Waals surface area (Å²) in [5.41, 5.74) is 1.36. The Morgan fingerprint density at radius 1 is 0.821 bits per heavy atom. The molecule has 0 spiro atoms. The first kappa shape index (κ1) is 29.8. The summed E-state index contributed by atoms with van der Waals surface area (Å²) in [7, 11) is 1.49. The van der Waals surface area contributed by atoms with Crippen molar-refractivity contribution in [3.05, 3.63) is 57.6 Å². The Balaban J connectivity index is 2.22. The molecule has 0 saturated carbocycles. The van der Waals surface area contributed by atoms with Crippen molar-refractivity contribution in [2.75, 3.05) is 30.6 Å². The van der Waals surface area contributed by atoms with Crippen LogP contribution in [0.1, 0.15) is 66.4 Å². The molecule has 0 unspecified atom stereocenters. The molecule has 0 bridgehead atoms. The Morgan fingerprint density at radius 2 is 1.26 bits per heavy atom. The molecule has 0 N–H and O–H groups in total. The summed E-state index contributed by atoms with van der Waals surface area (Å²) in [6, 6.07) is 6.35. The third-order valence-electron chi connectivity index (χ3n) is 5.92. The fourth-order valence-corrected chi connectivity index (χ4v) is 5.31. The van der Waals surface area contributed by atoms with Crippen LogP contribution < -0.4 is 4.90 Å². The van der Waals surface area contributed by atoms with Crippen molar-refractivity contribution in [3.63, 3.8) is 0 Å². The SMILES string of the molecule is CCOC(=O)c1c(SC)ccc(C(=O)N(C(=O)c2ccc(SC)c(C(=O)OCC)c2C)c2nnnn2C)c1C. The number of amides is 2. The summed E-state index contributed by atoms with van der Waals surface area (Å²) in [6.45, 7) is 6.94. The number of imide groups is 1. The number of esters is 2. The second-order valence-corrected chi connectivity index (χ2v) is 9.82. The zero-order chi connectivity index (χ0) is 28.9. The van der Waals surface area contributed by atoms with Crippen molar-refractivity contribution in [2.45, 2.75) is 37.5 Å². The normalized spacial score (nSPS) is 10.7. The lowest BCUT2D eigenvalue weighted by Crippen LogP contribution is -2.40. The number of rotatable bonds is 9. The summed E-state index contributed by atoms with van der Waals surface area (Å²) >= 11 is 2.67. The van der Waals surface area contributed by atoms with E-state index in [1.54, 1.807) is 52.0 Å². The first-order valence-corrected chi connectivity index (χ1v) is 14.4. The van der Waals surface area contributed by atoms with Gasteiger partial charge < -0.3 is 9.47 Å². The van der Waals surface area contributed by atoms with Crippen molar-refractivity contribution in [2.24, 2.45) is 7.05 Å². The van der Waals surface area contributed by atoms with Crippen molar-refractivity contribution in [1.82, 2.24) is 20.2 Å². The van der Waals surface area contributed by atoms with E-state index in [0.717, 1.165) is 4.90 Å². The maximum Gasteiger partial charge on any atom is 0.339 e. The number of aromatic nitrogens is 4. The van der Waals surface area contributed by atoms with Crippen LogP contribution in [-0.2, 0) is 16.5 Å². The van der Waals surface area contributed by atoms with Gasteiger partial charge in [0.05, 0.1) is 24.3 Å². The topological polar surface area (TPSA) is 134 Å². The minimum atomic E-state index is -0.750. The minimum absolute atomic E-state index is 0.0937. The largest absolute Gasteiger partial charge is 0.462 e. The number of carbonyl (C=O) groups excluding carboxylic acids is 4. The van der Waals surface area contributed by atoms with Crippen LogP contribution in [0.3, 0.4) is 0 Å². The first-order valence-electron chi connectivity index (χ1n) is 11.9. The fraction of sp³-hybridized carbons (Fsp3) is 0.346.